The highest BCUT2D eigenvalue weighted by atomic mass is 35.5. The lowest BCUT2D eigenvalue weighted by molar-refractivity contribution is 0.213. The molecule has 110 valence electrons. The number of hydrogen-bond donors (Lipinski definition) is 2. The molecule has 1 aliphatic heterocycles. The number of para-hydroxylation sites is 1. The van der Waals surface area contributed by atoms with E-state index in [0.717, 1.165) is 42.3 Å². The fourth-order valence-corrected chi connectivity index (χ4v) is 2.05. The maximum absolute atomic E-state index is 4.91. The van der Waals surface area contributed by atoms with Crippen molar-refractivity contribution in [2.24, 2.45) is 10.1 Å². The van der Waals surface area contributed by atoms with Gasteiger partial charge in [-0.3, -0.25) is 4.99 Å². The number of hydrogen-bond acceptors (Lipinski definition) is 5. The van der Waals surface area contributed by atoms with Gasteiger partial charge in [0.1, 0.15) is 12.9 Å². The van der Waals surface area contributed by atoms with Crippen molar-refractivity contribution in [1.29, 1.82) is 0 Å². The number of aliphatic imine (C=N–C) groups is 1. The van der Waals surface area contributed by atoms with E-state index in [1.54, 1.807) is 7.11 Å². The van der Waals surface area contributed by atoms with Crippen molar-refractivity contribution in [3.63, 3.8) is 0 Å². The van der Waals surface area contributed by atoms with Crippen molar-refractivity contribution < 1.29 is 4.84 Å². The highest BCUT2D eigenvalue weighted by molar-refractivity contribution is 6.05. The molecule has 0 bridgehead atoms. The number of nitrogens with one attached hydrogen (secondary N) is 2. The monoisotopic (exact) mass is 296 g/mol. The lowest BCUT2D eigenvalue weighted by Gasteiger charge is -2.12. The van der Waals surface area contributed by atoms with Gasteiger partial charge in [0, 0.05) is 17.8 Å². The van der Waals surface area contributed by atoms with Crippen molar-refractivity contribution >= 4 is 29.6 Å². The Balaban J connectivity index is 0.00000200. The second-order valence-corrected chi connectivity index (χ2v) is 4.23. The molecule has 1 aromatic rings. The molecule has 0 aliphatic carbocycles. The van der Waals surface area contributed by atoms with Crippen LogP contribution in [0.3, 0.4) is 0 Å². The smallest absolute Gasteiger partial charge is 0.116 e. The second-order valence-electron chi connectivity index (χ2n) is 4.23. The quantitative estimate of drug-likeness (QED) is 0.625. The Morgan fingerprint density at radius 2 is 2.25 bits per heavy atom. The van der Waals surface area contributed by atoms with Crippen LogP contribution in [0.25, 0.3) is 0 Å². The molecule has 0 amide bonds. The molecule has 2 N–H and O–H groups in total. The molecule has 0 saturated carbocycles. The fraction of sp³-hybridized carbons (Fsp3) is 0.429. The van der Waals surface area contributed by atoms with E-state index in [0.29, 0.717) is 6.54 Å². The zero-order valence-electron chi connectivity index (χ0n) is 11.8. The number of amidine groups is 1. The van der Waals surface area contributed by atoms with E-state index in [1.807, 2.05) is 24.3 Å². The largest absolute Gasteiger partial charge is 0.399 e. The lowest BCUT2D eigenvalue weighted by Crippen LogP contribution is -2.26. The van der Waals surface area contributed by atoms with E-state index in [4.69, 9.17) is 4.84 Å². The Morgan fingerprint density at radius 3 is 2.90 bits per heavy atom. The van der Waals surface area contributed by atoms with Gasteiger partial charge in [-0.25, -0.2) is 0 Å². The average molecular weight is 297 g/mol. The highest BCUT2D eigenvalue weighted by Crippen LogP contribution is 2.17. The third kappa shape index (κ3) is 4.13. The van der Waals surface area contributed by atoms with Gasteiger partial charge in [0.2, 0.25) is 0 Å². The minimum Gasteiger partial charge on any atom is -0.399 e. The van der Waals surface area contributed by atoms with Gasteiger partial charge in [-0.05, 0) is 12.5 Å². The van der Waals surface area contributed by atoms with Crippen LogP contribution in [0.15, 0.2) is 34.4 Å². The van der Waals surface area contributed by atoms with Crippen molar-refractivity contribution in [2.75, 3.05) is 32.1 Å². The summed E-state index contributed by atoms with van der Waals surface area (Å²) in [5, 5.41) is 10.7. The summed E-state index contributed by atoms with van der Waals surface area (Å²) in [6.07, 6.45) is 0.825. The van der Waals surface area contributed by atoms with Crippen molar-refractivity contribution in [3.05, 3.63) is 29.8 Å². The molecule has 1 aromatic carbocycles. The summed E-state index contributed by atoms with van der Waals surface area (Å²) in [5.41, 5.74) is 3.06. The first-order valence-corrected chi connectivity index (χ1v) is 6.55. The molecular weight excluding hydrogens is 276 g/mol. The van der Waals surface area contributed by atoms with E-state index in [-0.39, 0.29) is 12.4 Å². The average Bonchev–Trinajstić information content (AvgIpc) is 2.96. The molecule has 0 fully saturated rings. The molecule has 2 rings (SSSR count). The topological polar surface area (TPSA) is 58.0 Å². The molecule has 0 saturated heterocycles. The first-order chi connectivity index (χ1) is 9.35. The summed E-state index contributed by atoms with van der Waals surface area (Å²) in [6, 6.07) is 8.11. The molecule has 0 radical (unpaired) electrons. The van der Waals surface area contributed by atoms with Crippen LogP contribution >= 0.6 is 12.4 Å². The number of rotatable bonds is 6. The highest BCUT2D eigenvalue weighted by Gasteiger charge is 2.10. The van der Waals surface area contributed by atoms with Crippen LogP contribution in [-0.4, -0.2) is 38.3 Å². The molecule has 5 nitrogen and oxygen atoms in total. The number of oxime groups is 1. The molecule has 20 heavy (non-hydrogen) atoms. The predicted octanol–water partition coefficient (Wildman–Crippen LogP) is 2.28. The van der Waals surface area contributed by atoms with E-state index >= 15 is 0 Å². The molecule has 0 spiro atoms. The first-order valence-electron chi connectivity index (χ1n) is 6.55. The number of halogens is 1. The van der Waals surface area contributed by atoms with Gasteiger partial charge in [0.15, 0.2) is 0 Å². The number of anilines is 1. The van der Waals surface area contributed by atoms with E-state index in [1.165, 1.54) is 0 Å². The lowest BCUT2D eigenvalue weighted by atomic mass is 10.1. The van der Waals surface area contributed by atoms with Crippen LogP contribution in [0.1, 0.15) is 18.9 Å². The molecule has 0 unspecified atom stereocenters. The SMILES string of the molecule is CC/C(=N/OC)c1ccccc1NCC1=NCCN1.Cl. The summed E-state index contributed by atoms with van der Waals surface area (Å²) in [6.45, 7) is 4.58. The molecular formula is C14H21ClN4O. The van der Waals surface area contributed by atoms with Crippen LogP contribution in [-0.2, 0) is 4.84 Å². The van der Waals surface area contributed by atoms with Gasteiger partial charge in [0.25, 0.3) is 0 Å². The summed E-state index contributed by atoms with van der Waals surface area (Å²) in [5.74, 6) is 1.01. The van der Waals surface area contributed by atoms with Crippen LogP contribution in [0, 0.1) is 0 Å². The van der Waals surface area contributed by atoms with E-state index < -0.39 is 0 Å². The standard InChI is InChI=1S/C14H20N4O.ClH/c1-3-12(18-19-2)11-6-4-5-7-13(11)17-10-14-15-8-9-16-14;/h4-7,17H,3,8-10H2,1-2H3,(H,15,16);1H/b18-12-;. The van der Waals surface area contributed by atoms with Gasteiger partial charge in [-0.15, -0.1) is 12.4 Å². The van der Waals surface area contributed by atoms with Gasteiger partial charge < -0.3 is 15.5 Å². The van der Waals surface area contributed by atoms with Crippen molar-refractivity contribution in [3.8, 4) is 0 Å². The first kappa shape index (κ1) is 16.3. The molecule has 0 atom stereocenters. The van der Waals surface area contributed by atoms with E-state index in [9.17, 15) is 0 Å². The van der Waals surface area contributed by atoms with Gasteiger partial charge in [-0.2, -0.15) is 0 Å². The minimum absolute atomic E-state index is 0. The van der Waals surface area contributed by atoms with Crippen molar-refractivity contribution in [1.82, 2.24) is 5.32 Å². The molecule has 6 heteroatoms. The normalized spacial score (nSPS) is 14.1. The van der Waals surface area contributed by atoms with Crippen LogP contribution in [0.2, 0.25) is 0 Å². The van der Waals surface area contributed by atoms with Crippen LogP contribution < -0.4 is 10.6 Å². The van der Waals surface area contributed by atoms with Gasteiger partial charge in [-0.1, -0.05) is 30.3 Å². The minimum atomic E-state index is 0. The number of nitrogens with zero attached hydrogens (tertiary/aromatic N) is 2. The summed E-state index contributed by atoms with van der Waals surface area (Å²) in [7, 11) is 1.57. The zero-order chi connectivity index (χ0) is 13.5. The maximum atomic E-state index is 4.91. The van der Waals surface area contributed by atoms with Gasteiger partial charge in [0.05, 0.1) is 18.8 Å². The Kier molecular flexibility index (Phi) is 6.87. The Morgan fingerprint density at radius 1 is 1.45 bits per heavy atom. The number of benzene rings is 1. The molecule has 1 aliphatic rings. The summed E-state index contributed by atoms with van der Waals surface area (Å²) < 4.78 is 0. The Hall–Kier alpha value is -1.75. The third-order valence-corrected chi connectivity index (χ3v) is 2.96. The van der Waals surface area contributed by atoms with Crippen LogP contribution in [0.4, 0.5) is 5.69 Å². The zero-order valence-corrected chi connectivity index (χ0v) is 12.7. The van der Waals surface area contributed by atoms with Gasteiger partial charge >= 0.3 is 0 Å². The van der Waals surface area contributed by atoms with Crippen LogP contribution in [0.5, 0.6) is 0 Å². The molecule has 0 aromatic heterocycles. The third-order valence-electron chi connectivity index (χ3n) is 2.96. The summed E-state index contributed by atoms with van der Waals surface area (Å²) >= 11 is 0. The summed E-state index contributed by atoms with van der Waals surface area (Å²) in [4.78, 5) is 9.28. The van der Waals surface area contributed by atoms with Crippen molar-refractivity contribution in [2.45, 2.75) is 13.3 Å². The predicted molar refractivity (Wildman–Crippen MR) is 86.3 cm³/mol. The Labute approximate surface area is 125 Å². The fourth-order valence-electron chi connectivity index (χ4n) is 2.05. The maximum Gasteiger partial charge on any atom is 0.116 e. The second kappa shape index (κ2) is 8.43. The van der Waals surface area contributed by atoms with E-state index in [2.05, 4.69) is 27.7 Å². The Bertz CT molecular complexity index is 488. The molecule has 1 heterocycles.